The van der Waals surface area contributed by atoms with Gasteiger partial charge in [0.2, 0.25) is 0 Å². The van der Waals surface area contributed by atoms with E-state index in [-0.39, 0.29) is 5.97 Å². The van der Waals surface area contributed by atoms with Gasteiger partial charge in [0, 0.05) is 0 Å². The van der Waals surface area contributed by atoms with Gasteiger partial charge in [0.25, 0.3) is 0 Å². The number of carbonyl (C=O) groups excluding carboxylic acids is 1. The predicted octanol–water partition coefficient (Wildman–Crippen LogP) is 3.28. The van der Waals surface area contributed by atoms with Gasteiger partial charge in [-0.15, -0.1) is 0 Å². The van der Waals surface area contributed by atoms with Gasteiger partial charge >= 0.3 is 13.6 Å². The Kier molecular flexibility index (Phi) is 6.93. The molecule has 1 aromatic rings. The molecule has 0 N–H and O–H groups in total. The first-order valence-electron chi connectivity index (χ1n) is 6.60. The lowest BCUT2D eigenvalue weighted by Crippen LogP contribution is -2.05. The van der Waals surface area contributed by atoms with E-state index in [1.165, 1.54) is 7.11 Å². The maximum atomic E-state index is 12.3. The molecule has 0 saturated heterocycles. The van der Waals surface area contributed by atoms with Crippen LogP contribution in [-0.4, -0.2) is 32.5 Å². The van der Waals surface area contributed by atoms with Gasteiger partial charge in [-0.1, -0.05) is 12.1 Å². The first kappa shape index (κ1) is 16.9. The molecule has 0 spiro atoms. The molecule has 112 valence electrons. The third kappa shape index (κ3) is 5.08. The maximum absolute atomic E-state index is 12.3. The van der Waals surface area contributed by atoms with E-state index in [1.54, 1.807) is 32.0 Å². The quantitative estimate of drug-likeness (QED) is 0.544. The molecule has 20 heavy (non-hydrogen) atoms. The molecule has 0 aromatic heterocycles. The molecule has 0 aliphatic heterocycles. The summed E-state index contributed by atoms with van der Waals surface area (Å²) >= 11 is 0. The van der Waals surface area contributed by atoms with Crippen molar-refractivity contribution in [3.8, 4) is 0 Å². The van der Waals surface area contributed by atoms with E-state index in [2.05, 4.69) is 4.74 Å². The summed E-state index contributed by atoms with van der Waals surface area (Å²) in [7, 11) is -1.71. The summed E-state index contributed by atoms with van der Waals surface area (Å²) in [6, 6.07) is 7.05. The summed E-state index contributed by atoms with van der Waals surface area (Å²) < 4.78 is 27.5. The minimum atomic E-state index is -3.05. The highest BCUT2D eigenvalue weighted by Gasteiger charge is 2.23. The molecular formula is C14H21O5P. The minimum Gasteiger partial charge on any atom is -0.465 e. The zero-order valence-corrected chi connectivity index (χ0v) is 13.0. The minimum absolute atomic E-state index is 0.291. The number of esters is 1. The third-order valence-corrected chi connectivity index (χ3v) is 4.75. The van der Waals surface area contributed by atoms with Gasteiger partial charge in [0.15, 0.2) is 0 Å². The Morgan fingerprint density at radius 2 is 1.85 bits per heavy atom. The van der Waals surface area contributed by atoms with Gasteiger partial charge in [-0.05, 0) is 38.0 Å². The van der Waals surface area contributed by atoms with Crippen LogP contribution in [0.25, 0.3) is 0 Å². The molecular weight excluding hydrogens is 279 g/mol. The fraction of sp³-hybridized carbons (Fsp3) is 0.500. The van der Waals surface area contributed by atoms with Crippen molar-refractivity contribution in [2.45, 2.75) is 20.3 Å². The number of benzene rings is 1. The number of aryl methyl sites for hydroxylation is 1. The Balaban J connectivity index is 2.73. The van der Waals surface area contributed by atoms with Crippen LogP contribution in [-0.2, 0) is 24.8 Å². The fourth-order valence-corrected chi connectivity index (χ4v) is 3.45. The van der Waals surface area contributed by atoms with E-state index < -0.39 is 7.60 Å². The van der Waals surface area contributed by atoms with Crippen molar-refractivity contribution in [2.75, 3.05) is 26.5 Å². The molecule has 0 heterocycles. The van der Waals surface area contributed by atoms with Crippen LogP contribution in [0, 0.1) is 0 Å². The second kappa shape index (κ2) is 8.20. The van der Waals surface area contributed by atoms with Crippen LogP contribution >= 0.6 is 7.60 Å². The molecule has 0 radical (unpaired) electrons. The molecule has 0 fully saturated rings. The molecule has 6 heteroatoms. The highest BCUT2D eigenvalue weighted by atomic mass is 31.2. The predicted molar refractivity (Wildman–Crippen MR) is 77.2 cm³/mol. The average Bonchev–Trinajstić information content (AvgIpc) is 2.45. The molecule has 1 aromatic carbocycles. The highest BCUT2D eigenvalue weighted by Crippen LogP contribution is 2.48. The average molecular weight is 300 g/mol. The summed E-state index contributed by atoms with van der Waals surface area (Å²) in [5.74, 6) is -0.385. The third-order valence-electron chi connectivity index (χ3n) is 2.67. The smallest absolute Gasteiger partial charge is 0.337 e. The van der Waals surface area contributed by atoms with Crippen LogP contribution in [0.3, 0.4) is 0 Å². The zero-order valence-electron chi connectivity index (χ0n) is 12.1. The number of hydrogen-bond donors (Lipinski definition) is 0. The Morgan fingerprint density at radius 1 is 1.20 bits per heavy atom. The van der Waals surface area contributed by atoms with E-state index in [9.17, 15) is 9.36 Å². The topological polar surface area (TPSA) is 61.8 Å². The lowest BCUT2D eigenvalue weighted by atomic mass is 10.1. The van der Waals surface area contributed by atoms with Crippen LogP contribution < -0.4 is 0 Å². The van der Waals surface area contributed by atoms with Crippen molar-refractivity contribution in [3.05, 3.63) is 35.4 Å². The van der Waals surface area contributed by atoms with E-state index in [4.69, 9.17) is 9.05 Å². The lowest BCUT2D eigenvalue weighted by Gasteiger charge is -2.16. The largest absolute Gasteiger partial charge is 0.465 e. The standard InChI is InChI=1S/C14H21O5P/c1-4-18-20(16,19-5-2)10-9-12-7-6-8-13(11-12)14(15)17-3/h6-8,11H,4-5,9-10H2,1-3H3. The van der Waals surface area contributed by atoms with E-state index in [0.717, 1.165) is 5.56 Å². The van der Waals surface area contributed by atoms with Crippen LogP contribution in [0.15, 0.2) is 24.3 Å². The molecule has 0 saturated carbocycles. The van der Waals surface area contributed by atoms with Crippen LogP contribution in [0.2, 0.25) is 0 Å². The Bertz CT molecular complexity index is 476. The fourth-order valence-electron chi connectivity index (χ4n) is 1.80. The first-order chi connectivity index (χ1) is 9.54. The number of hydrogen-bond acceptors (Lipinski definition) is 5. The molecule has 0 atom stereocenters. The number of methoxy groups -OCH3 is 1. The highest BCUT2D eigenvalue weighted by molar-refractivity contribution is 7.53. The van der Waals surface area contributed by atoms with E-state index in [1.807, 2.05) is 6.07 Å². The van der Waals surface area contributed by atoms with Crippen LogP contribution in [0.5, 0.6) is 0 Å². The molecule has 0 aliphatic carbocycles. The van der Waals surface area contributed by atoms with Crippen LogP contribution in [0.1, 0.15) is 29.8 Å². The van der Waals surface area contributed by atoms with Crippen molar-refractivity contribution in [2.24, 2.45) is 0 Å². The molecule has 0 aliphatic rings. The Morgan fingerprint density at radius 3 is 2.40 bits per heavy atom. The van der Waals surface area contributed by atoms with Gasteiger partial charge in [-0.2, -0.15) is 0 Å². The van der Waals surface area contributed by atoms with Gasteiger partial charge in [0.1, 0.15) is 0 Å². The Labute approximate surface area is 119 Å². The van der Waals surface area contributed by atoms with Crippen LogP contribution in [0.4, 0.5) is 0 Å². The van der Waals surface area contributed by atoms with E-state index in [0.29, 0.717) is 31.4 Å². The summed E-state index contributed by atoms with van der Waals surface area (Å²) in [4.78, 5) is 11.4. The first-order valence-corrected chi connectivity index (χ1v) is 8.32. The van der Waals surface area contributed by atoms with Gasteiger partial charge in [0.05, 0.1) is 32.0 Å². The monoisotopic (exact) mass is 300 g/mol. The van der Waals surface area contributed by atoms with Crippen molar-refractivity contribution in [1.29, 1.82) is 0 Å². The molecule has 5 nitrogen and oxygen atoms in total. The van der Waals surface area contributed by atoms with Gasteiger partial charge in [-0.3, -0.25) is 4.57 Å². The SMILES string of the molecule is CCOP(=O)(CCc1cccc(C(=O)OC)c1)OCC. The van der Waals surface area contributed by atoms with E-state index >= 15 is 0 Å². The summed E-state index contributed by atoms with van der Waals surface area (Å²) in [5, 5.41) is 0. The van der Waals surface area contributed by atoms with Crippen molar-refractivity contribution in [1.82, 2.24) is 0 Å². The second-order valence-corrected chi connectivity index (χ2v) is 6.30. The van der Waals surface area contributed by atoms with Gasteiger partial charge in [-0.25, -0.2) is 4.79 Å². The molecule has 1 rings (SSSR count). The maximum Gasteiger partial charge on any atom is 0.337 e. The zero-order chi connectivity index (χ0) is 15.0. The number of carbonyl (C=O) groups is 1. The van der Waals surface area contributed by atoms with Crippen molar-refractivity contribution >= 4 is 13.6 Å². The molecule has 0 amide bonds. The van der Waals surface area contributed by atoms with Gasteiger partial charge < -0.3 is 13.8 Å². The summed E-state index contributed by atoms with van der Waals surface area (Å²) in [6.07, 6.45) is 0.807. The van der Waals surface area contributed by atoms with Crippen molar-refractivity contribution < 1.29 is 23.1 Å². The molecule has 0 bridgehead atoms. The lowest BCUT2D eigenvalue weighted by molar-refractivity contribution is 0.0600. The number of rotatable bonds is 8. The summed E-state index contributed by atoms with van der Waals surface area (Å²) in [6.45, 7) is 4.26. The Hall–Kier alpha value is -1.16. The normalized spacial score (nSPS) is 11.3. The van der Waals surface area contributed by atoms with Crippen molar-refractivity contribution in [3.63, 3.8) is 0 Å². The number of ether oxygens (including phenoxy) is 1. The summed E-state index contributed by atoms with van der Waals surface area (Å²) in [5.41, 5.74) is 1.38. The molecule has 0 unspecified atom stereocenters. The second-order valence-electron chi connectivity index (χ2n) is 4.11.